The SMILES string of the molecule is COc1cc(C)c(S(=O)N(C)CC(=O)NCC(=O)N(C)Cc2ccc3c(ccn3CCN(C)C)c2)c(C)c1. The van der Waals surface area contributed by atoms with Crippen LogP contribution in [0.15, 0.2) is 47.5 Å². The summed E-state index contributed by atoms with van der Waals surface area (Å²) >= 11 is 0. The first-order valence-electron chi connectivity index (χ1n) is 12.5. The summed E-state index contributed by atoms with van der Waals surface area (Å²) in [6.07, 6.45) is 2.09. The minimum Gasteiger partial charge on any atom is -0.497 e. The van der Waals surface area contributed by atoms with Gasteiger partial charge in [0.15, 0.2) is 0 Å². The average molecular weight is 542 g/mol. The van der Waals surface area contributed by atoms with Crippen LogP contribution in [-0.4, -0.2) is 89.6 Å². The number of nitrogens with zero attached hydrogens (tertiary/aromatic N) is 4. The van der Waals surface area contributed by atoms with Crippen LogP contribution in [0.3, 0.4) is 0 Å². The van der Waals surface area contributed by atoms with Gasteiger partial charge >= 0.3 is 0 Å². The van der Waals surface area contributed by atoms with E-state index in [1.54, 1.807) is 26.1 Å². The van der Waals surface area contributed by atoms with E-state index in [4.69, 9.17) is 4.74 Å². The number of ether oxygens (including phenoxy) is 1. The van der Waals surface area contributed by atoms with Crippen molar-refractivity contribution in [2.45, 2.75) is 31.8 Å². The Balaban J connectivity index is 1.51. The zero-order chi connectivity index (χ0) is 28.0. The molecule has 1 aromatic heterocycles. The maximum absolute atomic E-state index is 13.1. The highest BCUT2D eigenvalue weighted by Crippen LogP contribution is 2.25. The van der Waals surface area contributed by atoms with E-state index in [1.165, 1.54) is 9.82 Å². The molecule has 3 aromatic rings. The van der Waals surface area contributed by atoms with Crippen LogP contribution < -0.4 is 10.1 Å². The lowest BCUT2D eigenvalue weighted by molar-refractivity contribution is -0.132. The fraction of sp³-hybridized carbons (Fsp3) is 0.429. The van der Waals surface area contributed by atoms with Crippen LogP contribution in [0.25, 0.3) is 10.9 Å². The highest BCUT2D eigenvalue weighted by atomic mass is 32.2. The van der Waals surface area contributed by atoms with Crippen molar-refractivity contribution in [3.05, 3.63) is 59.3 Å². The summed E-state index contributed by atoms with van der Waals surface area (Å²) in [5, 5.41) is 3.79. The summed E-state index contributed by atoms with van der Waals surface area (Å²) < 4.78 is 22.0. The molecule has 9 nitrogen and oxygen atoms in total. The van der Waals surface area contributed by atoms with Crippen LogP contribution in [0, 0.1) is 13.8 Å². The average Bonchev–Trinajstić information content (AvgIpc) is 3.27. The predicted octanol–water partition coefficient (Wildman–Crippen LogP) is 2.56. The van der Waals surface area contributed by atoms with Gasteiger partial charge in [-0.1, -0.05) is 6.07 Å². The van der Waals surface area contributed by atoms with E-state index in [-0.39, 0.29) is 24.9 Å². The molecule has 0 saturated heterocycles. The smallest absolute Gasteiger partial charge is 0.242 e. The molecule has 2 amide bonds. The summed E-state index contributed by atoms with van der Waals surface area (Å²) in [7, 11) is 7.52. The number of methoxy groups -OCH3 is 1. The van der Waals surface area contributed by atoms with Gasteiger partial charge in [-0.05, 0) is 80.4 Å². The lowest BCUT2D eigenvalue weighted by Crippen LogP contribution is -2.42. The molecule has 0 aliphatic heterocycles. The second kappa shape index (κ2) is 13.0. The van der Waals surface area contributed by atoms with Crippen molar-refractivity contribution in [3.63, 3.8) is 0 Å². The van der Waals surface area contributed by atoms with Crippen molar-refractivity contribution < 1.29 is 18.5 Å². The van der Waals surface area contributed by atoms with Gasteiger partial charge < -0.3 is 24.4 Å². The van der Waals surface area contributed by atoms with E-state index in [0.29, 0.717) is 17.2 Å². The minimum atomic E-state index is -1.53. The first-order valence-corrected chi connectivity index (χ1v) is 13.6. The Bertz CT molecular complexity index is 1300. The summed E-state index contributed by atoms with van der Waals surface area (Å²) in [6, 6.07) is 11.9. The fourth-order valence-electron chi connectivity index (χ4n) is 4.30. The molecule has 206 valence electrons. The third-order valence-corrected chi connectivity index (χ3v) is 8.09. The molecule has 1 unspecified atom stereocenters. The number of nitrogens with one attached hydrogen (secondary N) is 1. The van der Waals surface area contributed by atoms with E-state index in [0.717, 1.165) is 35.2 Å². The monoisotopic (exact) mass is 541 g/mol. The normalized spacial score (nSPS) is 12.2. The van der Waals surface area contributed by atoms with Gasteiger partial charge in [-0.3, -0.25) is 9.59 Å². The number of carbonyl (C=O) groups is 2. The number of likely N-dealkylation sites (N-methyl/N-ethyl adjacent to an activating group) is 3. The molecule has 0 saturated carbocycles. The van der Waals surface area contributed by atoms with Crippen molar-refractivity contribution >= 4 is 33.7 Å². The predicted molar refractivity (Wildman–Crippen MR) is 151 cm³/mol. The third kappa shape index (κ3) is 7.43. The van der Waals surface area contributed by atoms with Gasteiger partial charge in [0.1, 0.15) is 16.7 Å². The number of aromatic nitrogens is 1. The molecule has 0 aliphatic rings. The molecule has 1 atom stereocenters. The summed E-state index contributed by atoms with van der Waals surface area (Å²) in [5.41, 5.74) is 3.84. The van der Waals surface area contributed by atoms with Gasteiger partial charge in [0.2, 0.25) is 11.8 Å². The van der Waals surface area contributed by atoms with Crippen molar-refractivity contribution in [3.8, 4) is 5.75 Å². The Kier molecular flexibility index (Phi) is 10.1. The topological polar surface area (TPSA) is 87.1 Å². The number of aryl methyl sites for hydroxylation is 2. The largest absolute Gasteiger partial charge is 0.497 e. The van der Waals surface area contributed by atoms with Crippen LogP contribution in [0.1, 0.15) is 16.7 Å². The van der Waals surface area contributed by atoms with Gasteiger partial charge in [-0.25, -0.2) is 8.51 Å². The fourth-order valence-corrected chi connectivity index (χ4v) is 5.51. The van der Waals surface area contributed by atoms with Crippen molar-refractivity contribution in [1.29, 1.82) is 0 Å². The molecule has 1 heterocycles. The Morgan fingerprint density at radius 2 is 1.71 bits per heavy atom. The zero-order valence-electron chi connectivity index (χ0n) is 23.4. The van der Waals surface area contributed by atoms with Crippen molar-refractivity contribution in [2.24, 2.45) is 0 Å². The zero-order valence-corrected chi connectivity index (χ0v) is 24.2. The van der Waals surface area contributed by atoms with E-state index in [1.807, 2.05) is 32.0 Å². The van der Waals surface area contributed by atoms with Crippen LogP contribution in [0.4, 0.5) is 0 Å². The molecular weight excluding hydrogens is 502 g/mol. The number of benzene rings is 2. The number of hydrogen-bond acceptors (Lipinski definition) is 5. The number of fused-ring (bicyclic) bond motifs is 1. The van der Waals surface area contributed by atoms with Crippen LogP contribution in [0.2, 0.25) is 0 Å². The quantitative estimate of drug-likeness (QED) is 0.381. The molecule has 0 spiro atoms. The number of amides is 2. The van der Waals surface area contributed by atoms with Crippen LogP contribution in [0.5, 0.6) is 5.75 Å². The molecule has 0 fully saturated rings. The maximum Gasteiger partial charge on any atom is 0.242 e. The van der Waals surface area contributed by atoms with Gasteiger partial charge in [0, 0.05) is 45.4 Å². The lowest BCUT2D eigenvalue weighted by Gasteiger charge is -2.20. The van der Waals surface area contributed by atoms with Gasteiger partial charge in [-0.15, -0.1) is 0 Å². The first kappa shape index (κ1) is 29.3. The molecule has 10 heteroatoms. The molecule has 38 heavy (non-hydrogen) atoms. The minimum absolute atomic E-state index is 0.101. The number of rotatable bonds is 12. The summed E-state index contributed by atoms with van der Waals surface area (Å²) in [5.74, 6) is 0.127. The molecular formula is C28H39N5O4S. The third-order valence-electron chi connectivity index (χ3n) is 6.40. The molecule has 3 rings (SSSR count). The Morgan fingerprint density at radius 1 is 1.03 bits per heavy atom. The van der Waals surface area contributed by atoms with E-state index in [2.05, 4.69) is 53.3 Å². The van der Waals surface area contributed by atoms with Crippen molar-refractivity contribution in [1.82, 2.24) is 24.0 Å². The lowest BCUT2D eigenvalue weighted by atomic mass is 10.1. The second-order valence-electron chi connectivity index (χ2n) is 9.86. The maximum atomic E-state index is 13.1. The molecule has 2 aromatic carbocycles. The second-order valence-corrected chi connectivity index (χ2v) is 11.4. The van der Waals surface area contributed by atoms with Gasteiger partial charge in [0.05, 0.1) is 25.1 Å². The van der Waals surface area contributed by atoms with E-state index < -0.39 is 11.0 Å². The first-order chi connectivity index (χ1) is 18.0. The number of carbonyl (C=O) groups excluding carboxylic acids is 2. The van der Waals surface area contributed by atoms with E-state index in [9.17, 15) is 13.8 Å². The van der Waals surface area contributed by atoms with Crippen molar-refractivity contribution in [2.75, 3.05) is 54.9 Å². The van der Waals surface area contributed by atoms with Crippen LogP contribution >= 0.6 is 0 Å². The number of hydrogen-bond donors (Lipinski definition) is 1. The summed E-state index contributed by atoms with van der Waals surface area (Å²) in [4.78, 5) is 29.6. The Morgan fingerprint density at radius 3 is 2.34 bits per heavy atom. The Labute approximate surface area is 227 Å². The molecule has 0 bridgehead atoms. The summed E-state index contributed by atoms with van der Waals surface area (Å²) in [6.45, 7) is 5.81. The van der Waals surface area contributed by atoms with E-state index >= 15 is 0 Å². The highest BCUT2D eigenvalue weighted by Gasteiger charge is 2.20. The molecule has 0 aliphatic carbocycles. The molecule has 1 N–H and O–H groups in total. The van der Waals surface area contributed by atoms with Gasteiger partial charge in [-0.2, -0.15) is 0 Å². The Hall–Kier alpha value is -3.21. The highest BCUT2D eigenvalue weighted by molar-refractivity contribution is 7.82. The van der Waals surface area contributed by atoms with Crippen LogP contribution in [-0.2, 0) is 33.7 Å². The van der Waals surface area contributed by atoms with Gasteiger partial charge in [0.25, 0.3) is 0 Å². The standard InChI is InChI=1S/C28H39N5O4S/c1-20-14-24(37-7)15-21(2)28(20)38(36)32(6)19-26(34)29-17-27(35)31(5)18-22-8-9-25-23(16-22)10-11-33(25)13-12-30(3)4/h8-11,14-16H,12-13,17-19H2,1-7H3,(H,29,34). The molecule has 0 radical (unpaired) electrons.